The SMILES string of the molecule is COc1ccc2[nH]cc(C(C)(C)C(=O)Nc3ccccc3N3CCOCC3)c2c1. The predicted molar refractivity (Wildman–Crippen MR) is 116 cm³/mol. The molecule has 0 spiro atoms. The molecule has 1 aliphatic rings. The first kappa shape index (κ1) is 19.3. The standard InChI is InChI=1S/C23H27N3O3/c1-23(2,18-15-24-19-9-8-16(28-3)14-17(18)19)22(27)25-20-6-4-5-7-21(20)26-10-12-29-13-11-26/h4-9,14-15,24H,10-13H2,1-3H3,(H,25,27). The Bertz CT molecular complexity index is 1020. The Morgan fingerprint density at radius 2 is 1.93 bits per heavy atom. The van der Waals surface area contributed by atoms with Crippen molar-refractivity contribution in [2.45, 2.75) is 19.3 Å². The molecule has 1 amide bonds. The Labute approximate surface area is 170 Å². The molecule has 29 heavy (non-hydrogen) atoms. The molecular weight excluding hydrogens is 366 g/mol. The van der Waals surface area contributed by atoms with E-state index in [9.17, 15) is 4.79 Å². The van der Waals surface area contributed by atoms with Gasteiger partial charge in [-0.15, -0.1) is 0 Å². The fourth-order valence-corrected chi connectivity index (χ4v) is 3.80. The van der Waals surface area contributed by atoms with Gasteiger partial charge in [0, 0.05) is 30.2 Å². The maximum atomic E-state index is 13.4. The molecule has 0 saturated carbocycles. The van der Waals surface area contributed by atoms with Crippen LogP contribution in [0.25, 0.3) is 10.9 Å². The van der Waals surface area contributed by atoms with E-state index in [0.29, 0.717) is 13.2 Å². The van der Waals surface area contributed by atoms with Crippen molar-refractivity contribution in [1.82, 2.24) is 4.98 Å². The highest BCUT2D eigenvalue weighted by molar-refractivity contribution is 6.03. The molecule has 2 heterocycles. The quantitative estimate of drug-likeness (QED) is 0.689. The maximum Gasteiger partial charge on any atom is 0.234 e. The smallest absolute Gasteiger partial charge is 0.234 e. The van der Waals surface area contributed by atoms with Crippen molar-refractivity contribution in [2.24, 2.45) is 0 Å². The third-order valence-electron chi connectivity index (χ3n) is 5.63. The van der Waals surface area contributed by atoms with E-state index in [1.165, 1.54) is 0 Å². The third-order valence-corrected chi connectivity index (χ3v) is 5.63. The summed E-state index contributed by atoms with van der Waals surface area (Å²) in [5.74, 6) is 0.717. The number of amides is 1. The fourth-order valence-electron chi connectivity index (χ4n) is 3.80. The van der Waals surface area contributed by atoms with Crippen molar-refractivity contribution in [3.8, 4) is 5.75 Å². The number of morpholine rings is 1. The monoisotopic (exact) mass is 393 g/mol. The molecule has 6 heteroatoms. The van der Waals surface area contributed by atoms with Crippen molar-refractivity contribution in [2.75, 3.05) is 43.6 Å². The number of aromatic amines is 1. The molecule has 152 valence electrons. The van der Waals surface area contributed by atoms with Crippen LogP contribution in [0.5, 0.6) is 5.75 Å². The molecule has 0 bridgehead atoms. The second-order valence-corrected chi connectivity index (χ2v) is 7.81. The Hall–Kier alpha value is -2.99. The number of carbonyl (C=O) groups excluding carboxylic acids is 1. The summed E-state index contributed by atoms with van der Waals surface area (Å²) in [6.07, 6.45) is 1.91. The van der Waals surface area contributed by atoms with Crippen molar-refractivity contribution < 1.29 is 14.3 Å². The van der Waals surface area contributed by atoms with E-state index in [1.807, 2.05) is 62.5 Å². The van der Waals surface area contributed by atoms with E-state index in [-0.39, 0.29) is 5.91 Å². The first-order valence-corrected chi connectivity index (χ1v) is 9.89. The van der Waals surface area contributed by atoms with Crippen molar-refractivity contribution in [3.05, 3.63) is 54.2 Å². The molecular formula is C23H27N3O3. The number of benzene rings is 2. The molecule has 1 aliphatic heterocycles. The van der Waals surface area contributed by atoms with Gasteiger partial charge in [0.2, 0.25) is 5.91 Å². The van der Waals surface area contributed by atoms with Gasteiger partial charge >= 0.3 is 0 Å². The molecule has 3 aromatic rings. The third kappa shape index (κ3) is 3.68. The molecule has 1 aromatic heterocycles. The highest BCUT2D eigenvalue weighted by Crippen LogP contribution is 2.35. The second kappa shape index (κ2) is 7.79. The first-order valence-electron chi connectivity index (χ1n) is 9.89. The van der Waals surface area contributed by atoms with Crippen LogP contribution < -0.4 is 15.0 Å². The zero-order valence-electron chi connectivity index (χ0n) is 17.1. The van der Waals surface area contributed by atoms with Gasteiger partial charge in [-0.2, -0.15) is 0 Å². The van der Waals surface area contributed by atoms with Crippen LogP contribution in [-0.4, -0.2) is 44.3 Å². The minimum atomic E-state index is -0.733. The van der Waals surface area contributed by atoms with E-state index < -0.39 is 5.41 Å². The van der Waals surface area contributed by atoms with E-state index in [4.69, 9.17) is 9.47 Å². The number of H-pyrrole nitrogens is 1. The number of ether oxygens (including phenoxy) is 2. The van der Waals surface area contributed by atoms with Crippen LogP contribution in [0.15, 0.2) is 48.7 Å². The number of fused-ring (bicyclic) bond motifs is 1. The Morgan fingerprint density at radius 1 is 1.17 bits per heavy atom. The predicted octanol–water partition coefficient (Wildman–Crippen LogP) is 3.93. The van der Waals surface area contributed by atoms with Crippen LogP contribution in [-0.2, 0) is 14.9 Å². The van der Waals surface area contributed by atoms with E-state index in [0.717, 1.165) is 46.7 Å². The van der Waals surface area contributed by atoms with Crippen LogP contribution in [0.1, 0.15) is 19.4 Å². The van der Waals surface area contributed by atoms with Gasteiger partial charge in [-0.1, -0.05) is 12.1 Å². The van der Waals surface area contributed by atoms with Gasteiger partial charge < -0.3 is 24.7 Å². The number of hydrogen-bond acceptors (Lipinski definition) is 4. The summed E-state index contributed by atoms with van der Waals surface area (Å²) in [6.45, 7) is 6.93. The highest BCUT2D eigenvalue weighted by Gasteiger charge is 2.33. The second-order valence-electron chi connectivity index (χ2n) is 7.81. The Kier molecular flexibility index (Phi) is 5.20. The molecule has 4 rings (SSSR count). The zero-order chi connectivity index (χ0) is 20.4. The van der Waals surface area contributed by atoms with Gasteiger partial charge in [-0.05, 0) is 49.7 Å². The number of hydrogen-bond donors (Lipinski definition) is 2. The lowest BCUT2D eigenvalue weighted by Gasteiger charge is -2.31. The van der Waals surface area contributed by atoms with Gasteiger partial charge in [0.25, 0.3) is 0 Å². The van der Waals surface area contributed by atoms with E-state index >= 15 is 0 Å². The minimum absolute atomic E-state index is 0.0538. The summed E-state index contributed by atoms with van der Waals surface area (Å²) in [5, 5.41) is 4.15. The molecule has 6 nitrogen and oxygen atoms in total. The largest absolute Gasteiger partial charge is 0.497 e. The summed E-state index contributed by atoms with van der Waals surface area (Å²) in [4.78, 5) is 18.9. The van der Waals surface area contributed by atoms with E-state index in [2.05, 4.69) is 15.2 Å². The molecule has 2 N–H and O–H groups in total. The number of aromatic nitrogens is 1. The Balaban J connectivity index is 1.63. The van der Waals surface area contributed by atoms with Crippen LogP contribution in [0.3, 0.4) is 0 Å². The van der Waals surface area contributed by atoms with Gasteiger partial charge in [-0.3, -0.25) is 4.79 Å². The lowest BCUT2D eigenvalue weighted by molar-refractivity contribution is -0.120. The zero-order valence-corrected chi connectivity index (χ0v) is 17.1. The summed E-state index contributed by atoms with van der Waals surface area (Å²) < 4.78 is 10.8. The van der Waals surface area contributed by atoms with Gasteiger partial charge in [0.1, 0.15) is 5.75 Å². The van der Waals surface area contributed by atoms with Gasteiger partial charge in [0.05, 0.1) is 37.1 Å². The van der Waals surface area contributed by atoms with E-state index in [1.54, 1.807) is 7.11 Å². The van der Waals surface area contributed by atoms with Crippen molar-refractivity contribution in [1.29, 1.82) is 0 Å². The average Bonchev–Trinajstić information content (AvgIpc) is 3.18. The number of nitrogens with zero attached hydrogens (tertiary/aromatic N) is 1. The number of methoxy groups -OCH3 is 1. The maximum absolute atomic E-state index is 13.4. The average molecular weight is 393 g/mol. The summed E-state index contributed by atoms with van der Waals surface area (Å²) in [6, 6.07) is 13.8. The van der Waals surface area contributed by atoms with Crippen LogP contribution in [0, 0.1) is 0 Å². The number of nitrogens with one attached hydrogen (secondary N) is 2. The summed E-state index contributed by atoms with van der Waals surface area (Å²) in [5.41, 5.74) is 3.04. The molecule has 0 radical (unpaired) electrons. The minimum Gasteiger partial charge on any atom is -0.497 e. The van der Waals surface area contributed by atoms with Crippen LogP contribution >= 0.6 is 0 Å². The number of anilines is 2. The summed E-state index contributed by atoms with van der Waals surface area (Å²) in [7, 11) is 1.65. The topological polar surface area (TPSA) is 66.6 Å². The molecule has 1 saturated heterocycles. The number of para-hydroxylation sites is 2. The van der Waals surface area contributed by atoms with Crippen LogP contribution in [0.2, 0.25) is 0 Å². The fraction of sp³-hybridized carbons (Fsp3) is 0.348. The lowest BCUT2D eigenvalue weighted by atomic mass is 9.83. The highest BCUT2D eigenvalue weighted by atomic mass is 16.5. The van der Waals surface area contributed by atoms with Crippen LogP contribution in [0.4, 0.5) is 11.4 Å². The Morgan fingerprint density at radius 3 is 2.69 bits per heavy atom. The molecule has 1 fully saturated rings. The normalized spacial score (nSPS) is 14.8. The molecule has 0 unspecified atom stereocenters. The first-order chi connectivity index (χ1) is 14.0. The van der Waals surface area contributed by atoms with Crippen molar-refractivity contribution >= 4 is 28.2 Å². The number of carbonyl (C=O) groups is 1. The molecule has 0 atom stereocenters. The van der Waals surface area contributed by atoms with Crippen molar-refractivity contribution in [3.63, 3.8) is 0 Å². The number of rotatable bonds is 5. The van der Waals surface area contributed by atoms with Gasteiger partial charge in [0.15, 0.2) is 0 Å². The molecule has 0 aliphatic carbocycles. The lowest BCUT2D eigenvalue weighted by Crippen LogP contribution is -2.38. The molecule has 2 aromatic carbocycles. The van der Waals surface area contributed by atoms with Gasteiger partial charge in [-0.25, -0.2) is 0 Å². The summed E-state index contributed by atoms with van der Waals surface area (Å²) >= 11 is 0.